The quantitative estimate of drug-likeness (QED) is 0.146. The molecular formula is C33H32N6O4. The summed E-state index contributed by atoms with van der Waals surface area (Å²) >= 11 is 0. The van der Waals surface area contributed by atoms with Gasteiger partial charge in [-0.3, -0.25) is 19.7 Å². The highest BCUT2D eigenvalue weighted by atomic mass is 16.6. The van der Waals surface area contributed by atoms with Crippen LogP contribution in [0.1, 0.15) is 42.4 Å². The molecule has 6 rings (SSSR count). The molecule has 0 spiro atoms. The Kier molecular flexibility index (Phi) is 7.74. The van der Waals surface area contributed by atoms with Gasteiger partial charge in [-0.05, 0) is 67.1 Å². The number of nitro benzene ring substituents is 1. The number of likely N-dealkylation sites (tertiary alicyclic amines) is 1. The van der Waals surface area contributed by atoms with Gasteiger partial charge in [0.25, 0.3) is 11.6 Å². The van der Waals surface area contributed by atoms with Gasteiger partial charge in [0.15, 0.2) is 0 Å². The van der Waals surface area contributed by atoms with Crippen LogP contribution in [0.15, 0.2) is 79.1 Å². The van der Waals surface area contributed by atoms with E-state index in [-0.39, 0.29) is 17.5 Å². The molecule has 3 aromatic carbocycles. The summed E-state index contributed by atoms with van der Waals surface area (Å²) in [6, 6.07) is 20.1. The predicted octanol–water partition coefficient (Wildman–Crippen LogP) is 5.87. The van der Waals surface area contributed by atoms with Crippen molar-refractivity contribution in [1.82, 2.24) is 14.5 Å². The van der Waals surface area contributed by atoms with E-state index in [9.17, 15) is 19.7 Å². The Labute approximate surface area is 249 Å². The maximum absolute atomic E-state index is 13.3. The Morgan fingerprint density at radius 3 is 2.53 bits per heavy atom. The molecule has 1 fully saturated rings. The lowest BCUT2D eigenvalue weighted by Crippen LogP contribution is -2.36. The number of non-ortho nitro benzene ring substituents is 1. The summed E-state index contributed by atoms with van der Waals surface area (Å²) in [5.41, 5.74) is 5.39. The minimum Gasteiger partial charge on any atom is -0.354 e. The fourth-order valence-corrected chi connectivity index (χ4v) is 5.70. The number of aryl methyl sites for hydroxylation is 2. The number of imidazole rings is 1. The Bertz CT molecular complexity index is 1720. The monoisotopic (exact) mass is 576 g/mol. The number of anilines is 2. The van der Waals surface area contributed by atoms with E-state index in [1.54, 1.807) is 12.3 Å². The summed E-state index contributed by atoms with van der Waals surface area (Å²) in [6.45, 7) is 1.59. The zero-order chi connectivity index (χ0) is 29.9. The zero-order valence-electron chi connectivity index (χ0n) is 23.9. The van der Waals surface area contributed by atoms with Gasteiger partial charge in [0.2, 0.25) is 5.91 Å². The van der Waals surface area contributed by atoms with E-state index in [4.69, 9.17) is 0 Å². The van der Waals surface area contributed by atoms with Gasteiger partial charge in [0, 0.05) is 73.6 Å². The van der Waals surface area contributed by atoms with Crippen LogP contribution in [0.2, 0.25) is 0 Å². The molecule has 2 N–H and O–H groups in total. The fraction of sp³-hybridized carbons (Fsp3) is 0.242. The van der Waals surface area contributed by atoms with E-state index < -0.39 is 4.92 Å². The Balaban J connectivity index is 1.31. The maximum Gasteiger partial charge on any atom is 0.270 e. The number of hydrogen-bond acceptors (Lipinski definition) is 6. The molecule has 0 aliphatic carbocycles. The standard InChI is InChI=1S/C33H32N6O4/c1-37-20-17-34-32(37)24-11-13-25(14-12-24)35-31(30-27-21-26(39(42)43)15-16-28(27)36-33(30)41)23-9-7-22(8-10-23)5-4-19-38-18-3-2-6-29(38)40/h7-17,20-21,35H,2-6,18-19H2,1H3,(H,36,41). The van der Waals surface area contributed by atoms with Crippen LogP contribution in [0, 0.1) is 10.1 Å². The normalized spacial score (nSPS) is 15.7. The smallest absolute Gasteiger partial charge is 0.270 e. The molecular weight excluding hydrogens is 544 g/mol. The molecule has 0 atom stereocenters. The molecule has 218 valence electrons. The van der Waals surface area contributed by atoms with Crippen LogP contribution in [-0.2, 0) is 23.1 Å². The maximum atomic E-state index is 13.3. The molecule has 1 aromatic heterocycles. The number of hydrogen-bond donors (Lipinski definition) is 2. The second-order valence-corrected chi connectivity index (χ2v) is 10.9. The SMILES string of the molecule is Cn1ccnc1-c1ccc(NC(=C2C(=O)Nc3ccc([N+](=O)[O-])cc32)c2ccc(CCCN3CCCCC3=O)cc2)cc1. The van der Waals surface area contributed by atoms with Crippen molar-refractivity contribution in [2.24, 2.45) is 7.05 Å². The number of rotatable bonds is 9. The summed E-state index contributed by atoms with van der Waals surface area (Å²) < 4.78 is 1.94. The number of carbonyl (C=O) groups is 2. The van der Waals surface area contributed by atoms with Crippen molar-refractivity contribution >= 4 is 40.1 Å². The fourth-order valence-electron chi connectivity index (χ4n) is 5.70. The largest absolute Gasteiger partial charge is 0.354 e. The van der Waals surface area contributed by atoms with Gasteiger partial charge in [-0.2, -0.15) is 0 Å². The minimum absolute atomic E-state index is 0.0888. The van der Waals surface area contributed by atoms with Gasteiger partial charge in [0.05, 0.1) is 16.2 Å². The summed E-state index contributed by atoms with van der Waals surface area (Å²) in [5, 5.41) is 17.8. The van der Waals surface area contributed by atoms with Gasteiger partial charge in [-0.15, -0.1) is 0 Å². The Hall–Kier alpha value is -5.25. The average molecular weight is 577 g/mol. The number of amides is 2. The highest BCUT2D eigenvalue weighted by Crippen LogP contribution is 2.39. The van der Waals surface area contributed by atoms with Crippen molar-refractivity contribution in [3.8, 4) is 11.4 Å². The lowest BCUT2D eigenvalue weighted by Gasteiger charge is -2.26. The number of carbonyl (C=O) groups excluding carboxylic acids is 2. The topological polar surface area (TPSA) is 122 Å². The van der Waals surface area contributed by atoms with Gasteiger partial charge >= 0.3 is 0 Å². The first-order valence-corrected chi connectivity index (χ1v) is 14.4. The van der Waals surface area contributed by atoms with Crippen molar-refractivity contribution < 1.29 is 14.5 Å². The number of nitrogens with one attached hydrogen (secondary N) is 2. The van der Waals surface area contributed by atoms with Crippen molar-refractivity contribution in [3.63, 3.8) is 0 Å². The van der Waals surface area contributed by atoms with Crippen LogP contribution in [-0.4, -0.2) is 44.3 Å². The first-order chi connectivity index (χ1) is 20.9. The molecule has 4 aromatic rings. The van der Waals surface area contributed by atoms with E-state index in [2.05, 4.69) is 15.6 Å². The number of piperidine rings is 1. The number of aromatic nitrogens is 2. The molecule has 3 heterocycles. The zero-order valence-corrected chi connectivity index (χ0v) is 23.9. The molecule has 2 aliphatic rings. The lowest BCUT2D eigenvalue weighted by molar-refractivity contribution is -0.384. The van der Waals surface area contributed by atoms with Crippen molar-refractivity contribution in [2.45, 2.75) is 32.1 Å². The molecule has 0 radical (unpaired) electrons. The van der Waals surface area contributed by atoms with Gasteiger partial charge in [-0.25, -0.2) is 4.98 Å². The summed E-state index contributed by atoms with van der Waals surface area (Å²) in [7, 11) is 1.93. The molecule has 0 bridgehead atoms. The third kappa shape index (κ3) is 5.90. The van der Waals surface area contributed by atoms with Crippen LogP contribution in [0.4, 0.5) is 17.1 Å². The molecule has 2 aliphatic heterocycles. The van der Waals surface area contributed by atoms with E-state index in [1.807, 2.05) is 71.2 Å². The molecule has 0 unspecified atom stereocenters. The molecule has 2 amide bonds. The highest BCUT2D eigenvalue weighted by molar-refractivity contribution is 6.37. The van der Waals surface area contributed by atoms with Crippen molar-refractivity contribution in [2.75, 3.05) is 23.7 Å². The number of benzene rings is 3. The first kappa shape index (κ1) is 27.9. The summed E-state index contributed by atoms with van der Waals surface area (Å²) in [6.07, 6.45) is 8.02. The van der Waals surface area contributed by atoms with Crippen LogP contribution < -0.4 is 10.6 Å². The molecule has 0 saturated carbocycles. The van der Waals surface area contributed by atoms with Crippen LogP contribution in [0.5, 0.6) is 0 Å². The van der Waals surface area contributed by atoms with E-state index in [0.29, 0.717) is 28.9 Å². The number of nitrogens with zero attached hydrogens (tertiary/aromatic N) is 4. The van der Waals surface area contributed by atoms with Crippen LogP contribution >= 0.6 is 0 Å². The number of fused-ring (bicyclic) bond motifs is 1. The van der Waals surface area contributed by atoms with E-state index in [0.717, 1.165) is 67.0 Å². The summed E-state index contributed by atoms with van der Waals surface area (Å²) in [5.74, 6) is 0.743. The van der Waals surface area contributed by atoms with Crippen LogP contribution in [0.25, 0.3) is 22.7 Å². The van der Waals surface area contributed by atoms with E-state index >= 15 is 0 Å². The van der Waals surface area contributed by atoms with Gasteiger partial charge in [0.1, 0.15) is 5.82 Å². The van der Waals surface area contributed by atoms with Gasteiger partial charge in [-0.1, -0.05) is 24.3 Å². The van der Waals surface area contributed by atoms with Gasteiger partial charge < -0.3 is 20.1 Å². The molecule has 10 nitrogen and oxygen atoms in total. The first-order valence-electron chi connectivity index (χ1n) is 14.4. The average Bonchev–Trinajstić information content (AvgIpc) is 3.59. The Morgan fingerprint density at radius 2 is 1.84 bits per heavy atom. The van der Waals surface area contributed by atoms with Crippen LogP contribution in [0.3, 0.4) is 0 Å². The Morgan fingerprint density at radius 1 is 1.05 bits per heavy atom. The highest BCUT2D eigenvalue weighted by Gasteiger charge is 2.30. The third-order valence-electron chi connectivity index (χ3n) is 8.00. The lowest BCUT2D eigenvalue weighted by atomic mass is 9.98. The van der Waals surface area contributed by atoms with E-state index in [1.165, 1.54) is 12.1 Å². The molecule has 10 heteroatoms. The second kappa shape index (κ2) is 11.9. The van der Waals surface area contributed by atoms with Crippen molar-refractivity contribution in [1.29, 1.82) is 0 Å². The number of nitro groups is 1. The second-order valence-electron chi connectivity index (χ2n) is 10.9. The molecule has 1 saturated heterocycles. The molecule has 43 heavy (non-hydrogen) atoms. The van der Waals surface area contributed by atoms with Crippen molar-refractivity contribution in [3.05, 3.63) is 106 Å². The minimum atomic E-state index is -0.462. The third-order valence-corrected chi connectivity index (χ3v) is 8.00. The summed E-state index contributed by atoms with van der Waals surface area (Å²) in [4.78, 5) is 42.9. The predicted molar refractivity (Wildman–Crippen MR) is 166 cm³/mol.